The van der Waals surface area contributed by atoms with E-state index in [2.05, 4.69) is 0 Å². The number of phenols is 1. The highest BCUT2D eigenvalue weighted by molar-refractivity contribution is 5.83. The highest BCUT2D eigenvalue weighted by Crippen LogP contribution is 2.22. The second kappa shape index (κ2) is 6.06. The smallest absolute Gasteiger partial charge is 0.336 e. The molecule has 0 bridgehead atoms. The molecule has 0 atom stereocenters. The van der Waals surface area contributed by atoms with Crippen molar-refractivity contribution in [3.05, 3.63) is 52.4 Å². The molecule has 0 aliphatic heterocycles. The Morgan fingerprint density at radius 2 is 2.20 bits per heavy atom. The summed E-state index contributed by atoms with van der Waals surface area (Å²) < 4.78 is 10.0. The summed E-state index contributed by atoms with van der Waals surface area (Å²) in [5.41, 5.74) is 0.236. The molecule has 2 rings (SSSR count). The van der Waals surface area contributed by atoms with Gasteiger partial charge in [0.25, 0.3) is 0 Å². The van der Waals surface area contributed by atoms with Crippen molar-refractivity contribution in [3.63, 3.8) is 0 Å². The van der Waals surface area contributed by atoms with Crippen molar-refractivity contribution in [2.45, 2.75) is 20.0 Å². The van der Waals surface area contributed by atoms with Gasteiger partial charge in [-0.15, -0.1) is 0 Å². The van der Waals surface area contributed by atoms with Gasteiger partial charge in [0, 0.05) is 29.2 Å². The quantitative estimate of drug-likeness (QED) is 0.526. The first kappa shape index (κ1) is 13.9. The molecule has 104 valence electrons. The number of benzene rings is 1. The Bertz CT molecular complexity index is 712. The van der Waals surface area contributed by atoms with E-state index in [0.717, 1.165) is 6.42 Å². The predicted molar refractivity (Wildman–Crippen MR) is 73.4 cm³/mol. The van der Waals surface area contributed by atoms with E-state index in [4.69, 9.17) is 9.15 Å². The lowest BCUT2D eigenvalue weighted by Gasteiger charge is -2.05. The third-order valence-electron chi connectivity index (χ3n) is 2.67. The van der Waals surface area contributed by atoms with E-state index in [-0.39, 0.29) is 17.9 Å². The molecule has 1 heterocycles. The van der Waals surface area contributed by atoms with Gasteiger partial charge >= 0.3 is 11.6 Å². The van der Waals surface area contributed by atoms with Gasteiger partial charge in [-0.2, -0.15) is 0 Å². The molecule has 0 spiro atoms. The topological polar surface area (TPSA) is 76.7 Å². The summed E-state index contributed by atoms with van der Waals surface area (Å²) in [4.78, 5) is 22.8. The minimum absolute atomic E-state index is 0.000624. The highest BCUT2D eigenvalue weighted by atomic mass is 16.5. The molecule has 0 aliphatic carbocycles. The summed E-state index contributed by atoms with van der Waals surface area (Å²) in [7, 11) is 0. The maximum Gasteiger partial charge on any atom is 0.336 e. The van der Waals surface area contributed by atoms with E-state index in [1.807, 2.05) is 6.92 Å². The number of phenolic OH excluding ortho intramolecular Hbond substituents is 1. The van der Waals surface area contributed by atoms with Crippen molar-refractivity contribution in [2.24, 2.45) is 0 Å². The van der Waals surface area contributed by atoms with Gasteiger partial charge in [0.05, 0.1) is 0 Å². The molecule has 5 heteroatoms. The number of rotatable bonds is 4. The summed E-state index contributed by atoms with van der Waals surface area (Å²) >= 11 is 0. The summed E-state index contributed by atoms with van der Waals surface area (Å²) in [5, 5.41) is 9.99. The molecular weight excluding hydrogens is 260 g/mol. The van der Waals surface area contributed by atoms with Crippen LogP contribution in [0, 0.1) is 0 Å². The van der Waals surface area contributed by atoms with Crippen LogP contribution in [0.15, 0.2) is 45.6 Å². The molecule has 0 saturated carbocycles. The highest BCUT2D eigenvalue weighted by Gasteiger charge is 2.08. The molecule has 0 aliphatic rings. The molecule has 0 radical (unpaired) electrons. The van der Waals surface area contributed by atoms with Crippen LogP contribution in [0.1, 0.15) is 18.9 Å². The number of allylic oxidation sites excluding steroid dienone is 1. The van der Waals surface area contributed by atoms with Crippen molar-refractivity contribution < 1.29 is 19.1 Å². The predicted octanol–water partition coefficient (Wildman–Crippen LogP) is 2.51. The standard InChI is InChI=1S/C15H14O5/c1-2-3-4-14(17)19-9-10-7-15(18)20-13-8-11(16)5-6-12(10)13/h3-8,16H,2,9H2,1H3. The van der Waals surface area contributed by atoms with Crippen molar-refractivity contribution >= 4 is 16.9 Å². The van der Waals surface area contributed by atoms with Crippen molar-refractivity contribution in [2.75, 3.05) is 0 Å². The maximum absolute atomic E-state index is 11.4. The lowest BCUT2D eigenvalue weighted by atomic mass is 10.1. The number of carbonyl (C=O) groups is 1. The fourth-order valence-corrected chi connectivity index (χ4v) is 1.75. The molecule has 0 saturated heterocycles. The zero-order chi connectivity index (χ0) is 14.5. The van der Waals surface area contributed by atoms with E-state index in [0.29, 0.717) is 10.9 Å². The number of hydrogen-bond donors (Lipinski definition) is 1. The fourth-order valence-electron chi connectivity index (χ4n) is 1.75. The third-order valence-corrected chi connectivity index (χ3v) is 2.67. The Morgan fingerprint density at radius 3 is 2.95 bits per heavy atom. The number of aromatic hydroxyl groups is 1. The zero-order valence-corrected chi connectivity index (χ0v) is 11.0. The lowest BCUT2D eigenvalue weighted by Crippen LogP contribution is -2.05. The van der Waals surface area contributed by atoms with E-state index in [9.17, 15) is 14.7 Å². The molecule has 1 aromatic carbocycles. The van der Waals surface area contributed by atoms with E-state index in [1.54, 1.807) is 12.1 Å². The van der Waals surface area contributed by atoms with Gasteiger partial charge < -0.3 is 14.3 Å². The summed E-state index contributed by atoms with van der Waals surface area (Å²) in [6.07, 6.45) is 3.78. The normalized spacial score (nSPS) is 11.1. The first-order chi connectivity index (χ1) is 9.60. The molecule has 0 amide bonds. The summed E-state index contributed by atoms with van der Waals surface area (Å²) in [5.74, 6) is -0.465. The number of esters is 1. The Balaban J connectivity index is 2.28. The fraction of sp³-hybridized carbons (Fsp3) is 0.200. The molecule has 0 unspecified atom stereocenters. The average Bonchev–Trinajstić information content (AvgIpc) is 2.41. The van der Waals surface area contributed by atoms with Crippen LogP contribution in [0.3, 0.4) is 0 Å². The Hall–Kier alpha value is -2.56. The molecular formula is C15H14O5. The SMILES string of the molecule is CCC=CC(=O)OCc1cc(=O)oc2cc(O)ccc12. The second-order valence-electron chi connectivity index (χ2n) is 4.19. The first-order valence-corrected chi connectivity index (χ1v) is 6.19. The average molecular weight is 274 g/mol. The molecule has 1 aromatic heterocycles. The van der Waals surface area contributed by atoms with Gasteiger partial charge in [-0.1, -0.05) is 13.0 Å². The Kier molecular flexibility index (Phi) is 4.20. The molecule has 20 heavy (non-hydrogen) atoms. The minimum Gasteiger partial charge on any atom is -0.508 e. The Morgan fingerprint density at radius 1 is 1.40 bits per heavy atom. The second-order valence-corrected chi connectivity index (χ2v) is 4.19. The lowest BCUT2D eigenvalue weighted by molar-refractivity contribution is -0.138. The monoisotopic (exact) mass is 274 g/mol. The van der Waals surface area contributed by atoms with Gasteiger partial charge in [-0.3, -0.25) is 0 Å². The molecule has 2 aromatic rings. The van der Waals surface area contributed by atoms with Crippen LogP contribution in [0.25, 0.3) is 11.0 Å². The summed E-state index contributed by atoms with van der Waals surface area (Å²) in [6.45, 7) is 1.88. The first-order valence-electron chi connectivity index (χ1n) is 6.19. The molecule has 1 N–H and O–H groups in total. The number of fused-ring (bicyclic) bond motifs is 1. The van der Waals surface area contributed by atoms with Gasteiger partial charge in [0.15, 0.2) is 0 Å². The Labute approximate surface area is 115 Å². The van der Waals surface area contributed by atoms with Crippen LogP contribution < -0.4 is 5.63 Å². The van der Waals surface area contributed by atoms with Gasteiger partial charge in [0.1, 0.15) is 17.9 Å². The minimum atomic E-state index is -0.557. The van der Waals surface area contributed by atoms with Crippen LogP contribution >= 0.6 is 0 Å². The van der Waals surface area contributed by atoms with Crippen molar-refractivity contribution in [3.8, 4) is 5.75 Å². The number of hydrogen-bond acceptors (Lipinski definition) is 5. The van der Waals surface area contributed by atoms with E-state index >= 15 is 0 Å². The number of carbonyl (C=O) groups excluding carboxylic acids is 1. The van der Waals surface area contributed by atoms with Crippen LogP contribution in [0.2, 0.25) is 0 Å². The zero-order valence-electron chi connectivity index (χ0n) is 11.0. The van der Waals surface area contributed by atoms with E-state index in [1.165, 1.54) is 24.3 Å². The molecule has 5 nitrogen and oxygen atoms in total. The van der Waals surface area contributed by atoms with Crippen LogP contribution in [-0.2, 0) is 16.1 Å². The van der Waals surface area contributed by atoms with Crippen LogP contribution in [0.4, 0.5) is 0 Å². The van der Waals surface area contributed by atoms with E-state index < -0.39 is 11.6 Å². The largest absolute Gasteiger partial charge is 0.508 e. The van der Waals surface area contributed by atoms with Gasteiger partial charge in [-0.25, -0.2) is 9.59 Å². The van der Waals surface area contributed by atoms with Crippen LogP contribution in [-0.4, -0.2) is 11.1 Å². The van der Waals surface area contributed by atoms with Crippen molar-refractivity contribution in [1.29, 1.82) is 0 Å². The molecule has 0 fully saturated rings. The van der Waals surface area contributed by atoms with Crippen LogP contribution in [0.5, 0.6) is 5.75 Å². The van der Waals surface area contributed by atoms with Gasteiger partial charge in [0.2, 0.25) is 0 Å². The summed E-state index contributed by atoms with van der Waals surface area (Å²) in [6, 6.07) is 5.71. The number of ether oxygens (including phenoxy) is 1. The van der Waals surface area contributed by atoms with Crippen molar-refractivity contribution in [1.82, 2.24) is 0 Å². The maximum atomic E-state index is 11.4. The van der Waals surface area contributed by atoms with Gasteiger partial charge in [-0.05, 0) is 18.6 Å². The third kappa shape index (κ3) is 3.26.